The van der Waals surface area contributed by atoms with E-state index >= 15 is 0 Å². The maximum Gasteiger partial charge on any atom is 0.233 e. The van der Waals surface area contributed by atoms with E-state index in [0.717, 1.165) is 33.9 Å². The molecule has 2 aromatic carbocycles. The van der Waals surface area contributed by atoms with Gasteiger partial charge in [-0.3, -0.25) is 9.69 Å². The van der Waals surface area contributed by atoms with Crippen LogP contribution in [0.3, 0.4) is 0 Å². The van der Waals surface area contributed by atoms with Crippen LogP contribution in [0.2, 0.25) is 5.02 Å². The molecule has 0 unspecified atom stereocenters. The second-order valence-electron chi connectivity index (χ2n) is 7.86. The molecule has 1 aromatic heterocycles. The predicted octanol–water partition coefficient (Wildman–Crippen LogP) is 5.40. The van der Waals surface area contributed by atoms with Crippen LogP contribution < -0.4 is 4.90 Å². The second-order valence-corrected chi connectivity index (χ2v) is 9.31. The molecule has 29 heavy (non-hydrogen) atoms. The molecule has 1 heterocycles. The molecule has 0 atom stereocenters. The quantitative estimate of drug-likeness (QED) is 0.504. The normalized spacial score (nSPS) is 11.4. The van der Waals surface area contributed by atoms with Crippen molar-refractivity contribution >= 4 is 44.2 Å². The molecule has 0 N–H and O–H groups in total. The van der Waals surface area contributed by atoms with Crippen LogP contribution in [0.15, 0.2) is 30.3 Å². The molecule has 0 aliphatic heterocycles. The highest BCUT2D eigenvalue weighted by atomic mass is 35.5. The van der Waals surface area contributed by atoms with Crippen molar-refractivity contribution in [3.8, 4) is 0 Å². The van der Waals surface area contributed by atoms with Gasteiger partial charge in [-0.1, -0.05) is 40.6 Å². The number of carbonyl (C=O) groups excluding carboxylic acids is 1. The van der Waals surface area contributed by atoms with Gasteiger partial charge in [0.05, 0.1) is 16.6 Å². The largest absolute Gasteiger partial charge is 0.309 e. The molecular weight excluding hydrogens is 402 g/mol. The standard InChI is InChI=1S/C23H28ClN3OS/c1-15-11-16(2)19(17(3)12-15)14-22(28)27(10-6-9-26(4)5)23-25-20-8-7-18(24)13-21(20)29-23/h7-8,11-13H,6,9-10,14H2,1-5H3. The van der Waals surface area contributed by atoms with Crippen LogP contribution in [-0.4, -0.2) is 43.0 Å². The van der Waals surface area contributed by atoms with Crippen molar-refractivity contribution in [2.75, 3.05) is 32.1 Å². The number of thiazole rings is 1. The van der Waals surface area contributed by atoms with Crippen molar-refractivity contribution in [3.63, 3.8) is 0 Å². The molecule has 0 aliphatic carbocycles. The Morgan fingerprint density at radius 3 is 2.41 bits per heavy atom. The third-order valence-corrected chi connectivity index (χ3v) is 6.30. The van der Waals surface area contributed by atoms with Gasteiger partial charge in [0.1, 0.15) is 0 Å². The average molecular weight is 430 g/mol. The number of anilines is 1. The Morgan fingerprint density at radius 1 is 1.07 bits per heavy atom. The molecule has 4 nitrogen and oxygen atoms in total. The average Bonchev–Trinajstić information content (AvgIpc) is 3.03. The monoisotopic (exact) mass is 429 g/mol. The van der Waals surface area contributed by atoms with Crippen LogP contribution in [0.25, 0.3) is 10.2 Å². The van der Waals surface area contributed by atoms with E-state index in [1.807, 2.05) is 37.2 Å². The van der Waals surface area contributed by atoms with E-state index in [1.165, 1.54) is 28.0 Å². The number of aryl methyl sites for hydroxylation is 3. The third-order valence-electron chi connectivity index (χ3n) is 5.03. The minimum atomic E-state index is 0.0870. The maximum atomic E-state index is 13.4. The predicted molar refractivity (Wildman–Crippen MR) is 125 cm³/mol. The zero-order valence-electron chi connectivity index (χ0n) is 17.8. The highest BCUT2D eigenvalue weighted by Crippen LogP contribution is 2.31. The van der Waals surface area contributed by atoms with E-state index in [4.69, 9.17) is 16.6 Å². The number of amides is 1. The van der Waals surface area contributed by atoms with E-state index < -0.39 is 0 Å². The molecular formula is C23H28ClN3OS. The topological polar surface area (TPSA) is 36.4 Å². The SMILES string of the molecule is Cc1cc(C)c(CC(=O)N(CCCN(C)C)c2nc3ccc(Cl)cc3s2)c(C)c1. The van der Waals surface area contributed by atoms with Gasteiger partial charge in [0, 0.05) is 11.6 Å². The summed E-state index contributed by atoms with van der Waals surface area (Å²) in [6.45, 7) is 7.82. The minimum absolute atomic E-state index is 0.0870. The lowest BCUT2D eigenvalue weighted by molar-refractivity contribution is -0.118. The molecule has 0 saturated heterocycles. The van der Waals surface area contributed by atoms with Gasteiger partial charge in [0.2, 0.25) is 5.91 Å². The van der Waals surface area contributed by atoms with Crippen LogP contribution in [-0.2, 0) is 11.2 Å². The van der Waals surface area contributed by atoms with Gasteiger partial charge in [-0.2, -0.15) is 0 Å². The molecule has 0 fully saturated rings. The van der Waals surface area contributed by atoms with Crippen LogP contribution in [0.5, 0.6) is 0 Å². The molecule has 6 heteroatoms. The van der Waals surface area contributed by atoms with Crippen molar-refractivity contribution in [1.29, 1.82) is 0 Å². The van der Waals surface area contributed by atoms with Gasteiger partial charge >= 0.3 is 0 Å². The summed E-state index contributed by atoms with van der Waals surface area (Å²) in [5, 5.41) is 1.43. The summed E-state index contributed by atoms with van der Waals surface area (Å²) in [5.41, 5.74) is 5.55. The van der Waals surface area contributed by atoms with E-state index in [9.17, 15) is 4.79 Å². The van der Waals surface area contributed by atoms with E-state index in [-0.39, 0.29) is 5.91 Å². The lowest BCUT2D eigenvalue weighted by Gasteiger charge is -2.22. The van der Waals surface area contributed by atoms with Gasteiger partial charge < -0.3 is 4.90 Å². The number of aromatic nitrogens is 1. The number of nitrogens with zero attached hydrogens (tertiary/aromatic N) is 3. The highest BCUT2D eigenvalue weighted by Gasteiger charge is 2.21. The molecule has 0 bridgehead atoms. The fourth-order valence-electron chi connectivity index (χ4n) is 3.61. The molecule has 0 spiro atoms. The number of hydrogen-bond donors (Lipinski definition) is 0. The smallest absolute Gasteiger partial charge is 0.233 e. The zero-order chi connectivity index (χ0) is 21.1. The van der Waals surface area contributed by atoms with Gasteiger partial charge in [-0.25, -0.2) is 4.98 Å². The Morgan fingerprint density at radius 2 is 1.76 bits per heavy atom. The van der Waals surface area contributed by atoms with Gasteiger partial charge in [-0.05, 0) is 82.7 Å². The highest BCUT2D eigenvalue weighted by molar-refractivity contribution is 7.22. The fraction of sp³-hybridized carbons (Fsp3) is 0.391. The van der Waals surface area contributed by atoms with Crippen molar-refractivity contribution in [1.82, 2.24) is 9.88 Å². The van der Waals surface area contributed by atoms with E-state index in [0.29, 0.717) is 18.0 Å². The van der Waals surface area contributed by atoms with Crippen LogP contribution in [0.4, 0.5) is 5.13 Å². The number of rotatable bonds is 7. The number of halogens is 1. The summed E-state index contributed by atoms with van der Waals surface area (Å²) in [4.78, 5) is 22.1. The van der Waals surface area contributed by atoms with Gasteiger partial charge in [-0.15, -0.1) is 0 Å². The number of hydrogen-bond acceptors (Lipinski definition) is 4. The van der Waals surface area contributed by atoms with Crippen molar-refractivity contribution in [2.24, 2.45) is 0 Å². The Labute approximate surface area is 182 Å². The van der Waals surface area contributed by atoms with Crippen molar-refractivity contribution in [3.05, 3.63) is 57.6 Å². The number of fused-ring (bicyclic) bond motifs is 1. The van der Waals surface area contributed by atoms with Crippen molar-refractivity contribution in [2.45, 2.75) is 33.6 Å². The van der Waals surface area contributed by atoms with Gasteiger partial charge in [0.25, 0.3) is 0 Å². The number of carbonyl (C=O) groups is 1. The van der Waals surface area contributed by atoms with E-state index in [2.05, 4.69) is 37.8 Å². The Balaban J connectivity index is 1.90. The lowest BCUT2D eigenvalue weighted by atomic mass is 9.97. The number of benzene rings is 2. The van der Waals surface area contributed by atoms with Crippen LogP contribution in [0.1, 0.15) is 28.7 Å². The summed E-state index contributed by atoms with van der Waals surface area (Å²) in [5.74, 6) is 0.0870. The van der Waals surface area contributed by atoms with Crippen LogP contribution >= 0.6 is 22.9 Å². The molecule has 0 radical (unpaired) electrons. The van der Waals surface area contributed by atoms with Gasteiger partial charge in [0.15, 0.2) is 5.13 Å². The zero-order valence-corrected chi connectivity index (χ0v) is 19.3. The summed E-state index contributed by atoms with van der Waals surface area (Å²) < 4.78 is 1.00. The molecule has 1 amide bonds. The summed E-state index contributed by atoms with van der Waals surface area (Å²) in [6.07, 6.45) is 1.28. The molecule has 0 aliphatic rings. The minimum Gasteiger partial charge on any atom is -0.309 e. The Kier molecular flexibility index (Phi) is 6.93. The first-order valence-corrected chi connectivity index (χ1v) is 11.0. The first-order chi connectivity index (χ1) is 13.7. The summed E-state index contributed by atoms with van der Waals surface area (Å²) in [6, 6.07) is 9.95. The van der Waals surface area contributed by atoms with Crippen molar-refractivity contribution < 1.29 is 4.79 Å². The maximum absolute atomic E-state index is 13.4. The third kappa shape index (κ3) is 5.35. The first kappa shape index (κ1) is 21.8. The molecule has 3 rings (SSSR count). The summed E-state index contributed by atoms with van der Waals surface area (Å²) in [7, 11) is 4.09. The Hall–Kier alpha value is -1.95. The molecule has 154 valence electrons. The second kappa shape index (κ2) is 9.24. The van der Waals surface area contributed by atoms with E-state index in [1.54, 1.807) is 0 Å². The molecule has 3 aromatic rings. The summed E-state index contributed by atoms with van der Waals surface area (Å²) >= 11 is 7.66. The fourth-order valence-corrected chi connectivity index (χ4v) is 4.89. The first-order valence-electron chi connectivity index (χ1n) is 9.82. The van der Waals surface area contributed by atoms with Crippen LogP contribution in [0, 0.1) is 20.8 Å². The Bertz CT molecular complexity index is 1010. The lowest BCUT2D eigenvalue weighted by Crippen LogP contribution is -2.34. The molecule has 0 saturated carbocycles.